The van der Waals surface area contributed by atoms with Gasteiger partial charge in [-0.15, -0.1) is 35.1 Å². The number of hydrogen-bond acceptors (Lipinski definition) is 10. The molecular weight excluding hydrogens is 927 g/mol. The van der Waals surface area contributed by atoms with E-state index in [1.807, 2.05) is 109 Å². The minimum atomic E-state index is -0.593. The Bertz CT molecular complexity index is 2520. The lowest BCUT2D eigenvalue weighted by atomic mass is 9.88. The van der Waals surface area contributed by atoms with Crippen LogP contribution in [0.25, 0.3) is 0 Å². The van der Waals surface area contributed by atoms with Crippen LogP contribution in [0.5, 0.6) is 0 Å². The molecule has 0 bridgehead atoms. The van der Waals surface area contributed by atoms with Gasteiger partial charge in [0, 0.05) is 34.0 Å². The number of amides is 4. The quantitative estimate of drug-likeness (QED) is 0.164. The number of carbonyl (C=O) groups is 4. The van der Waals surface area contributed by atoms with E-state index in [4.69, 9.17) is 44.5 Å². The summed E-state index contributed by atoms with van der Waals surface area (Å²) >= 11 is 20.8. The number of aryl methyl sites for hydroxylation is 4. The van der Waals surface area contributed by atoms with Gasteiger partial charge in [0.25, 0.3) is 11.8 Å². The molecule has 4 amide bonds. The molecule has 2 unspecified atom stereocenters. The molecular formula is C48H53Cl3N6O6S2. The molecule has 0 saturated carbocycles. The number of hydrogen-bond donors (Lipinski definition) is 1. The van der Waals surface area contributed by atoms with E-state index in [1.54, 1.807) is 39.4 Å². The van der Waals surface area contributed by atoms with Crippen LogP contribution in [0.3, 0.4) is 0 Å². The van der Waals surface area contributed by atoms with E-state index in [0.717, 1.165) is 55.9 Å². The molecule has 2 fully saturated rings. The molecule has 0 radical (unpaired) electrons. The Morgan fingerprint density at radius 1 is 0.708 bits per heavy atom. The Morgan fingerprint density at radius 3 is 1.58 bits per heavy atom. The summed E-state index contributed by atoms with van der Waals surface area (Å²) in [5, 5.41) is 13.4. The van der Waals surface area contributed by atoms with Gasteiger partial charge in [0.15, 0.2) is 11.2 Å². The molecule has 0 aromatic heterocycles. The van der Waals surface area contributed by atoms with Gasteiger partial charge < -0.3 is 29.7 Å². The van der Waals surface area contributed by atoms with E-state index >= 15 is 0 Å². The van der Waals surface area contributed by atoms with Crippen molar-refractivity contribution in [3.8, 4) is 0 Å². The SMILES string of the molecule is CSCCl.CSCN1CN(C(=O)c2ccc(C3=NOC(C)(c4cc(C)cc(Cl)c4)C3)cc2C)CC1=O.Cc1cc(Cl)cc(C2(C)CC(c3ccc(C(=O)N4CNC(=O)C4)c(C)c3)=NO2)c1. The summed E-state index contributed by atoms with van der Waals surface area (Å²) < 4.78 is 0. The zero-order chi connectivity index (χ0) is 47.2. The Kier molecular flexibility index (Phi) is 16.3. The van der Waals surface area contributed by atoms with Crippen LogP contribution in [-0.4, -0.2) is 99.8 Å². The highest BCUT2D eigenvalue weighted by Crippen LogP contribution is 2.39. The molecule has 4 heterocycles. The number of nitrogens with one attached hydrogen (secondary N) is 1. The van der Waals surface area contributed by atoms with Gasteiger partial charge >= 0.3 is 0 Å². The second kappa shape index (κ2) is 21.3. The molecule has 12 nitrogen and oxygen atoms in total. The van der Waals surface area contributed by atoms with Crippen molar-refractivity contribution in [3.63, 3.8) is 0 Å². The van der Waals surface area contributed by atoms with Crippen LogP contribution in [0.15, 0.2) is 83.1 Å². The Balaban J connectivity index is 0.000000200. The minimum absolute atomic E-state index is 0.0185. The van der Waals surface area contributed by atoms with Gasteiger partial charge in [-0.2, -0.15) is 0 Å². The van der Waals surface area contributed by atoms with E-state index < -0.39 is 11.2 Å². The van der Waals surface area contributed by atoms with Crippen LogP contribution < -0.4 is 5.32 Å². The molecule has 0 spiro atoms. The van der Waals surface area contributed by atoms with Gasteiger partial charge in [-0.25, -0.2) is 0 Å². The predicted molar refractivity (Wildman–Crippen MR) is 263 cm³/mol. The van der Waals surface area contributed by atoms with Crippen molar-refractivity contribution in [2.24, 2.45) is 10.3 Å². The molecule has 2 saturated heterocycles. The first-order chi connectivity index (χ1) is 30.9. The number of carbonyl (C=O) groups excluding carboxylic acids is 4. The molecule has 2 atom stereocenters. The minimum Gasteiger partial charge on any atom is -0.384 e. The molecule has 4 aliphatic rings. The molecule has 1 N–H and O–H groups in total. The predicted octanol–water partition coefficient (Wildman–Crippen LogP) is 9.63. The smallest absolute Gasteiger partial charge is 0.256 e. The maximum Gasteiger partial charge on any atom is 0.256 e. The van der Waals surface area contributed by atoms with Crippen molar-refractivity contribution in [2.75, 3.05) is 50.0 Å². The lowest BCUT2D eigenvalue weighted by molar-refractivity contribution is -0.125. The number of thioether (sulfide) groups is 2. The summed E-state index contributed by atoms with van der Waals surface area (Å²) in [6.07, 6.45) is 5.11. The Labute approximate surface area is 404 Å². The molecule has 65 heavy (non-hydrogen) atoms. The summed E-state index contributed by atoms with van der Waals surface area (Å²) in [4.78, 5) is 65.7. The van der Waals surface area contributed by atoms with Gasteiger partial charge in [0.1, 0.15) is 13.1 Å². The zero-order valence-electron chi connectivity index (χ0n) is 37.7. The van der Waals surface area contributed by atoms with E-state index in [-0.39, 0.29) is 43.4 Å². The summed E-state index contributed by atoms with van der Waals surface area (Å²) in [6, 6.07) is 23.1. The molecule has 344 valence electrons. The third kappa shape index (κ3) is 11.8. The van der Waals surface area contributed by atoms with Crippen LogP contribution in [0.2, 0.25) is 10.0 Å². The average Bonchev–Trinajstić information content (AvgIpc) is 4.07. The normalized spacial score (nSPS) is 20.0. The molecule has 8 rings (SSSR count). The fraction of sp³-hybridized carbons (Fsp3) is 0.375. The standard InChI is InChI=1S/C24H26ClN3O3S.C22H22ClN3O3.C2H5ClS/c1-15-7-18(10-19(25)8-15)24(3)11-21(26-31-24)17-5-6-20(16(2)9-17)23(30)27-12-22(29)28(13-27)14-32-4;1-13-6-16(9-17(23)7-13)22(3)10-19(25-29-22)15-4-5-18(14(2)8-15)21(28)26-11-20(27)24-12-26;1-4-2-3/h5-10H,11-14H2,1-4H3;4-9H,10-12H2,1-3H3,(H,24,27);2H2,1H3. The molecule has 4 aliphatic heterocycles. The monoisotopic (exact) mass is 978 g/mol. The lowest BCUT2D eigenvalue weighted by Crippen LogP contribution is -2.31. The third-order valence-electron chi connectivity index (χ3n) is 11.4. The van der Waals surface area contributed by atoms with E-state index in [1.165, 1.54) is 4.90 Å². The first-order valence-corrected chi connectivity index (χ1v) is 24.9. The first-order valence-electron chi connectivity index (χ1n) is 20.8. The summed E-state index contributed by atoms with van der Waals surface area (Å²) in [5.41, 5.74) is 9.27. The van der Waals surface area contributed by atoms with Gasteiger partial charge in [0.2, 0.25) is 11.8 Å². The first kappa shape index (κ1) is 49.7. The number of alkyl halides is 1. The number of benzene rings is 4. The summed E-state index contributed by atoms with van der Waals surface area (Å²) in [5.74, 6) is 0.146. The number of nitrogens with zero attached hydrogens (tertiary/aromatic N) is 5. The fourth-order valence-electron chi connectivity index (χ4n) is 7.90. The molecule has 17 heteroatoms. The van der Waals surface area contributed by atoms with Gasteiger partial charge in [-0.3, -0.25) is 19.2 Å². The molecule has 4 aromatic carbocycles. The van der Waals surface area contributed by atoms with Crippen LogP contribution >= 0.6 is 58.3 Å². The van der Waals surface area contributed by atoms with Crippen molar-refractivity contribution in [1.82, 2.24) is 20.0 Å². The highest BCUT2D eigenvalue weighted by molar-refractivity contribution is 7.99. The average molecular weight is 980 g/mol. The highest BCUT2D eigenvalue weighted by atomic mass is 35.5. The van der Waals surface area contributed by atoms with Crippen LogP contribution in [-0.2, 0) is 30.5 Å². The van der Waals surface area contributed by atoms with Crippen molar-refractivity contribution >= 4 is 93.4 Å². The Hall–Kier alpha value is -4.73. The maximum atomic E-state index is 13.0. The van der Waals surface area contributed by atoms with Crippen LogP contribution in [0.1, 0.15) is 91.9 Å². The van der Waals surface area contributed by atoms with Gasteiger partial charge in [-0.05, 0) is 147 Å². The summed E-state index contributed by atoms with van der Waals surface area (Å²) in [7, 11) is 0. The molecule has 0 aliphatic carbocycles. The largest absolute Gasteiger partial charge is 0.384 e. The van der Waals surface area contributed by atoms with E-state index in [2.05, 4.69) is 27.8 Å². The van der Waals surface area contributed by atoms with Gasteiger partial charge in [0.05, 0.1) is 35.8 Å². The lowest BCUT2D eigenvalue weighted by Gasteiger charge is -2.22. The Morgan fingerprint density at radius 2 is 1.18 bits per heavy atom. The summed E-state index contributed by atoms with van der Waals surface area (Å²) in [6.45, 7) is 12.6. The van der Waals surface area contributed by atoms with Crippen LogP contribution in [0, 0.1) is 27.7 Å². The molecule has 4 aromatic rings. The van der Waals surface area contributed by atoms with Crippen molar-refractivity contribution < 1.29 is 28.9 Å². The van der Waals surface area contributed by atoms with Crippen molar-refractivity contribution in [2.45, 2.75) is 65.6 Å². The second-order valence-corrected chi connectivity index (χ2v) is 20.0. The van der Waals surface area contributed by atoms with Crippen molar-refractivity contribution in [3.05, 3.63) is 138 Å². The van der Waals surface area contributed by atoms with E-state index in [9.17, 15) is 19.2 Å². The highest BCUT2D eigenvalue weighted by Gasteiger charge is 2.39. The zero-order valence-corrected chi connectivity index (χ0v) is 41.6. The number of oxime groups is 2. The third-order valence-corrected chi connectivity index (χ3v) is 13.3. The van der Waals surface area contributed by atoms with Gasteiger partial charge in [-0.1, -0.05) is 57.8 Å². The van der Waals surface area contributed by atoms with E-state index in [0.29, 0.717) is 51.8 Å². The maximum absolute atomic E-state index is 13.0. The second-order valence-electron chi connectivity index (χ2n) is 16.8. The number of rotatable bonds is 9. The topological polar surface area (TPSA) is 133 Å². The van der Waals surface area contributed by atoms with Crippen LogP contribution in [0.4, 0.5) is 0 Å². The van der Waals surface area contributed by atoms with Crippen molar-refractivity contribution in [1.29, 1.82) is 0 Å². The fourth-order valence-corrected chi connectivity index (χ4v) is 9.02. The number of halogens is 3.